The number of hydrogen-bond donors (Lipinski definition) is 2. The average molecular weight is 456 g/mol. The standard InChI is InChI=1S/C20H20N6O5S/c1-3-30-18(27)16-12(21-19(28)22-17(16)15-9-6-10-31-15)11-32-20-23-24-25-26(20)13-7-4-5-8-14(13)29-2/h4-10,17H,3,11H2,1-2H3,(H2,21,22,28)/t17-/m1/s1. The number of benzene rings is 1. The van der Waals surface area contributed by atoms with Crippen LogP contribution < -0.4 is 15.4 Å². The van der Waals surface area contributed by atoms with E-state index < -0.39 is 18.0 Å². The molecule has 2 amide bonds. The van der Waals surface area contributed by atoms with Gasteiger partial charge in [0.2, 0.25) is 5.16 Å². The van der Waals surface area contributed by atoms with Crippen LogP contribution in [0.4, 0.5) is 4.79 Å². The number of urea groups is 1. The molecule has 0 aliphatic carbocycles. The van der Waals surface area contributed by atoms with Crippen LogP contribution >= 0.6 is 11.8 Å². The molecule has 3 aromatic rings. The summed E-state index contributed by atoms with van der Waals surface area (Å²) in [6, 6.07) is 9.43. The average Bonchev–Trinajstić information content (AvgIpc) is 3.49. The van der Waals surface area contributed by atoms with E-state index in [0.717, 1.165) is 0 Å². The zero-order chi connectivity index (χ0) is 22.5. The van der Waals surface area contributed by atoms with E-state index in [1.807, 2.05) is 18.2 Å². The normalized spacial score (nSPS) is 15.8. The van der Waals surface area contributed by atoms with Crippen LogP contribution in [0, 0.1) is 0 Å². The lowest BCUT2D eigenvalue weighted by Gasteiger charge is -2.27. The molecule has 32 heavy (non-hydrogen) atoms. The molecule has 1 aromatic carbocycles. The van der Waals surface area contributed by atoms with Crippen molar-refractivity contribution in [1.82, 2.24) is 30.8 Å². The number of nitrogens with one attached hydrogen (secondary N) is 2. The minimum Gasteiger partial charge on any atom is -0.494 e. The first-order valence-electron chi connectivity index (χ1n) is 9.68. The molecule has 0 saturated heterocycles. The topological polar surface area (TPSA) is 133 Å². The summed E-state index contributed by atoms with van der Waals surface area (Å²) in [7, 11) is 1.56. The molecule has 4 rings (SSSR count). The molecule has 1 aliphatic heterocycles. The Kier molecular flexibility index (Phi) is 6.40. The molecular formula is C20H20N6O5S. The molecule has 11 nitrogen and oxygen atoms in total. The van der Waals surface area contributed by atoms with E-state index in [1.54, 1.807) is 32.2 Å². The van der Waals surface area contributed by atoms with Gasteiger partial charge in [-0.3, -0.25) is 0 Å². The van der Waals surface area contributed by atoms with Gasteiger partial charge in [-0.15, -0.1) is 5.10 Å². The molecule has 2 N–H and O–H groups in total. The van der Waals surface area contributed by atoms with Crippen molar-refractivity contribution < 1.29 is 23.5 Å². The van der Waals surface area contributed by atoms with Gasteiger partial charge in [0.1, 0.15) is 23.2 Å². The largest absolute Gasteiger partial charge is 0.494 e. The maximum Gasteiger partial charge on any atom is 0.338 e. The summed E-state index contributed by atoms with van der Waals surface area (Å²) in [5.74, 6) is 0.667. The van der Waals surface area contributed by atoms with Crippen molar-refractivity contribution in [3.05, 3.63) is 59.7 Å². The molecule has 1 aliphatic rings. The second-order valence-electron chi connectivity index (χ2n) is 6.49. The number of nitrogens with zero attached hydrogens (tertiary/aromatic N) is 4. The van der Waals surface area contributed by atoms with Gasteiger partial charge in [-0.25, -0.2) is 9.59 Å². The number of methoxy groups -OCH3 is 1. The maximum atomic E-state index is 12.8. The summed E-state index contributed by atoms with van der Waals surface area (Å²) in [5, 5.41) is 17.7. The zero-order valence-electron chi connectivity index (χ0n) is 17.3. The molecular weight excluding hydrogens is 436 g/mol. The molecule has 2 aromatic heterocycles. The van der Waals surface area contributed by atoms with Gasteiger partial charge < -0.3 is 24.5 Å². The van der Waals surface area contributed by atoms with Crippen molar-refractivity contribution in [3.8, 4) is 11.4 Å². The van der Waals surface area contributed by atoms with E-state index in [9.17, 15) is 9.59 Å². The van der Waals surface area contributed by atoms with E-state index in [1.165, 1.54) is 22.7 Å². The molecule has 0 fully saturated rings. The van der Waals surface area contributed by atoms with Crippen LogP contribution in [0.2, 0.25) is 0 Å². The summed E-state index contributed by atoms with van der Waals surface area (Å²) >= 11 is 1.25. The van der Waals surface area contributed by atoms with Gasteiger partial charge in [0.25, 0.3) is 0 Å². The molecule has 0 saturated carbocycles. The van der Waals surface area contributed by atoms with E-state index in [-0.39, 0.29) is 17.9 Å². The monoisotopic (exact) mass is 456 g/mol. The van der Waals surface area contributed by atoms with Gasteiger partial charge in [-0.2, -0.15) is 4.68 Å². The number of thioether (sulfide) groups is 1. The highest BCUT2D eigenvalue weighted by Gasteiger charge is 2.35. The third kappa shape index (κ3) is 4.30. The number of esters is 1. The lowest BCUT2D eigenvalue weighted by Crippen LogP contribution is -2.46. The van der Waals surface area contributed by atoms with Crippen LogP contribution in [-0.2, 0) is 9.53 Å². The Hall–Kier alpha value is -3.80. The number of carbonyl (C=O) groups is 2. The molecule has 0 unspecified atom stereocenters. The van der Waals surface area contributed by atoms with Gasteiger partial charge in [-0.05, 0) is 41.6 Å². The Labute approximate surface area is 187 Å². The van der Waals surface area contributed by atoms with Crippen molar-refractivity contribution >= 4 is 23.8 Å². The molecule has 12 heteroatoms. The first-order chi connectivity index (χ1) is 15.6. The van der Waals surface area contributed by atoms with E-state index >= 15 is 0 Å². The predicted octanol–water partition coefficient (Wildman–Crippen LogP) is 2.23. The van der Waals surface area contributed by atoms with Crippen LogP contribution in [-0.4, -0.2) is 51.7 Å². The van der Waals surface area contributed by atoms with Gasteiger partial charge in [0, 0.05) is 11.4 Å². The lowest BCUT2D eigenvalue weighted by molar-refractivity contribution is -0.139. The third-order valence-corrected chi connectivity index (χ3v) is 5.52. The SMILES string of the molecule is CCOC(=O)C1=C(CSc2nnnn2-c2ccccc2OC)NC(=O)N[C@@H]1c1ccco1. The first kappa shape index (κ1) is 21.4. The van der Waals surface area contributed by atoms with Gasteiger partial charge in [0.05, 0.1) is 25.6 Å². The summed E-state index contributed by atoms with van der Waals surface area (Å²) in [4.78, 5) is 25.1. The fourth-order valence-corrected chi connectivity index (χ4v) is 4.06. The predicted molar refractivity (Wildman–Crippen MR) is 113 cm³/mol. The van der Waals surface area contributed by atoms with Crippen LogP contribution in [0.15, 0.2) is 63.5 Å². The highest BCUT2D eigenvalue weighted by molar-refractivity contribution is 7.99. The summed E-state index contributed by atoms with van der Waals surface area (Å²) in [6.07, 6.45) is 1.47. The second-order valence-corrected chi connectivity index (χ2v) is 7.44. The third-order valence-electron chi connectivity index (χ3n) is 4.58. The number of para-hydroxylation sites is 2. The Balaban J connectivity index is 1.66. The minimum atomic E-state index is -0.779. The van der Waals surface area contributed by atoms with E-state index in [4.69, 9.17) is 13.9 Å². The van der Waals surface area contributed by atoms with Crippen molar-refractivity contribution in [3.63, 3.8) is 0 Å². The molecule has 0 bridgehead atoms. The number of aromatic nitrogens is 4. The number of rotatable bonds is 8. The number of tetrazole rings is 1. The van der Waals surface area contributed by atoms with Crippen molar-refractivity contribution in [1.29, 1.82) is 0 Å². The highest BCUT2D eigenvalue weighted by atomic mass is 32.2. The molecule has 166 valence electrons. The van der Waals surface area contributed by atoms with Crippen molar-refractivity contribution in [2.24, 2.45) is 0 Å². The van der Waals surface area contributed by atoms with Crippen LogP contribution in [0.25, 0.3) is 5.69 Å². The Morgan fingerprint density at radius 1 is 1.28 bits per heavy atom. The van der Waals surface area contributed by atoms with Crippen LogP contribution in [0.5, 0.6) is 5.75 Å². The van der Waals surface area contributed by atoms with E-state index in [0.29, 0.717) is 28.1 Å². The first-order valence-corrected chi connectivity index (χ1v) is 10.7. The van der Waals surface area contributed by atoms with Gasteiger partial charge in [-0.1, -0.05) is 23.9 Å². The summed E-state index contributed by atoms with van der Waals surface area (Å²) < 4.78 is 17.6. The highest BCUT2D eigenvalue weighted by Crippen LogP contribution is 2.31. The molecule has 0 radical (unpaired) electrons. The Morgan fingerprint density at radius 3 is 2.88 bits per heavy atom. The smallest absolute Gasteiger partial charge is 0.338 e. The summed E-state index contributed by atoms with van der Waals surface area (Å²) in [6.45, 7) is 1.90. The lowest BCUT2D eigenvalue weighted by atomic mass is 10.0. The number of furan rings is 1. The zero-order valence-corrected chi connectivity index (χ0v) is 18.1. The van der Waals surface area contributed by atoms with Crippen molar-refractivity contribution in [2.75, 3.05) is 19.5 Å². The molecule has 0 spiro atoms. The number of carbonyl (C=O) groups excluding carboxylic acids is 2. The minimum absolute atomic E-state index is 0.188. The second kappa shape index (κ2) is 9.56. The number of amides is 2. The maximum absolute atomic E-state index is 12.8. The summed E-state index contributed by atoms with van der Waals surface area (Å²) in [5.41, 5.74) is 1.29. The van der Waals surface area contributed by atoms with Gasteiger partial charge >= 0.3 is 12.0 Å². The fraction of sp³-hybridized carbons (Fsp3) is 0.250. The number of ether oxygens (including phenoxy) is 2. The quantitative estimate of drug-likeness (QED) is 0.386. The molecule has 1 atom stereocenters. The Bertz CT molecular complexity index is 1140. The number of hydrogen-bond acceptors (Lipinski definition) is 9. The van der Waals surface area contributed by atoms with Crippen molar-refractivity contribution in [2.45, 2.75) is 18.1 Å². The van der Waals surface area contributed by atoms with Crippen LogP contribution in [0.1, 0.15) is 18.7 Å². The van der Waals surface area contributed by atoms with Crippen LogP contribution in [0.3, 0.4) is 0 Å². The fourth-order valence-electron chi connectivity index (χ4n) is 3.21. The van der Waals surface area contributed by atoms with Gasteiger partial charge in [0.15, 0.2) is 0 Å². The Morgan fingerprint density at radius 2 is 2.12 bits per heavy atom. The molecule has 3 heterocycles. The van der Waals surface area contributed by atoms with E-state index in [2.05, 4.69) is 26.2 Å².